The molecule has 0 aliphatic carbocycles. The number of benzene rings is 2. The summed E-state index contributed by atoms with van der Waals surface area (Å²) in [6.45, 7) is 3.43. The average Bonchev–Trinajstić information content (AvgIpc) is 2.86. The molecule has 0 amide bonds. The van der Waals surface area contributed by atoms with Gasteiger partial charge in [0, 0.05) is 13.0 Å². The number of sulfonamides is 1. The highest BCUT2D eigenvalue weighted by atomic mass is 32.2. The molecule has 0 fully saturated rings. The van der Waals surface area contributed by atoms with E-state index < -0.39 is 16.1 Å². The number of aromatic hydroxyl groups is 1. The molecule has 1 N–H and O–H groups in total. The Morgan fingerprint density at radius 2 is 1.96 bits per heavy atom. The SMILES string of the molecule is CC(=O)CC1c2ccccc2CN1S(=O)(=O)c1ccc(C)cc1O. The molecule has 6 heteroatoms. The second-order valence-corrected chi connectivity index (χ2v) is 8.00. The number of carbonyl (C=O) groups excluding carboxylic acids is 1. The van der Waals surface area contributed by atoms with Crippen LogP contribution in [0.5, 0.6) is 5.75 Å². The number of Topliss-reactive ketones (excluding diaryl/α,β-unsaturated/α-hetero) is 1. The molecule has 5 nitrogen and oxygen atoms in total. The van der Waals surface area contributed by atoms with Crippen LogP contribution in [0.4, 0.5) is 0 Å². The van der Waals surface area contributed by atoms with Crippen LogP contribution < -0.4 is 0 Å². The van der Waals surface area contributed by atoms with E-state index in [1.807, 2.05) is 24.3 Å². The first kappa shape index (κ1) is 16.7. The maximum Gasteiger partial charge on any atom is 0.247 e. The highest BCUT2D eigenvalue weighted by Gasteiger charge is 2.40. The quantitative estimate of drug-likeness (QED) is 0.924. The minimum Gasteiger partial charge on any atom is -0.507 e. The van der Waals surface area contributed by atoms with Crippen LogP contribution in [0.3, 0.4) is 0 Å². The van der Waals surface area contributed by atoms with Crippen molar-refractivity contribution in [2.45, 2.75) is 37.8 Å². The van der Waals surface area contributed by atoms with Crippen molar-refractivity contribution in [1.29, 1.82) is 0 Å². The lowest BCUT2D eigenvalue weighted by molar-refractivity contribution is -0.117. The summed E-state index contributed by atoms with van der Waals surface area (Å²) < 4.78 is 27.5. The Morgan fingerprint density at radius 1 is 1.25 bits per heavy atom. The second-order valence-electron chi connectivity index (χ2n) is 6.14. The molecule has 1 aliphatic rings. The van der Waals surface area contributed by atoms with Crippen molar-refractivity contribution in [3.05, 3.63) is 59.2 Å². The molecule has 2 aromatic rings. The van der Waals surface area contributed by atoms with E-state index in [-0.39, 0.29) is 29.4 Å². The van der Waals surface area contributed by atoms with E-state index in [1.54, 1.807) is 13.0 Å². The summed E-state index contributed by atoms with van der Waals surface area (Å²) in [6.07, 6.45) is 0.114. The van der Waals surface area contributed by atoms with Gasteiger partial charge in [0.1, 0.15) is 16.4 Å². The largest absolute Gasteiger partial charge is 0.507 e. The Morgan fingerprint density at radius 3 is 2.62 bits per heavy atom. The van der Waals surface area contributed by atoms with Crippen LogP contribution in [0.25, 0.3) is 0 Å². The lowest BCUT2D eigenvalue weighted by Gasteiger charge is -2.24. The smallest absolute Gasteiger partial charge is 0.247 e. The van der Waals surface area contributed by atoms with E-state index in [4.69, 9.17) is 0 Å². The first-order chi connectivity index (χ1) is 11.3. The van der Waals surface area contributed by atoms with Gasteiger partial charge in [0.25, 0.3) is 0 Å². The fraction of sp³-hybridized carbons (Fsp3) is 0.278. The van der Waals surface area contributed by atoms with Crippen molar-refractivity contribution in [2.75, 3.05) is 0 Å². The van der Waals surface area contributed by atoms with Gasteiger partial charge in [0.05, 0.1) is 6.04 Å². The molecule has 3 rings (SSSR count). The number of phenolic OH excluding ortho intramolecular Hbond substituents is 1. The Hall–Kier alpha value is -2.18. The summed E-state index contributed by atoms with van der Waals surface area (Å²) in [5, 5.41) is 10.1. The van der Waals surface area contributed by atoms with Gasteiger partial charge in [-0.15, -0.1) is 0 Å². The van der Waals surface area contributed by atoms with E-state index in [0.29, 0.717) is 0 Å². The lowest BCUT2D eigenvalue weighted by Crippen LogP contribution is -2.30. The first-order valence-corrected chi connectivity index (χ1v) is 9.13. The summed E-state index contributed by atoms with van der Waals surface area (Å²) in [5.74, 6) is -0.349. The Labute approximate surface area is 141 Å². The molecule has 1 atom stereocenters. The highest BCUT2D eigenvalue weighted by Crippen LogP contribution is 2.41. The molecule has 0 spiro atoms. The molecule has 1 heterocycles. The highest BCUT2D eigenvalue weighted by molar-refractivity contribution is 7.89. The summed E-state index contributed by atoms with van der Waals surface area (Å²) in [7, 11) is -3.92. The first-order valence-electron chi connectivity index (χ1n) is 7.69. The van der Waals surface area contributed by atoms with E-state index in [2.05, 4.69) is 0 Å². The molecule has 2 aromatic carbocycles. The number of aryl methyl sites for hydroxylation is 1. The van der Waals surface area contributed by atoms with Gasteiger partial charge in [-0.05, 0) is 42.7 Å². The third-order valence-corrected chi connectivity index (χ3v) is 6.17. The van der Waals surface area contributed by atoms with Gasteiger partial charge in [-0.25, -0.2) is 8.42 Å². The summed E-state index contributed by atoms with van der Waals surface area (Å²) in [5.41, 5.74) is 2.51. The Kier molecular flexibility index (Phi) is 4.19. The molecule has 0 saturated carbocycles. The maximum atomic E-state index is 13.1. The van der Waals surface area contributed by atoms with Crippen LogP contribution in [-0.4, -0.2) is 23.6 Å². The zero-order chi connectivity index (χ0) is 17.5. The molecule has 1 unspecified atom stereocenters. The van der Waals surface area contributed by atoms with Crippen molar-refractivity contribution in [3.8, 4) is 5.75 Å². The molecule has 24 heavy (non-hydrogen) atoms. The minimum absolute atomic E-state index is 0.0787. The topological polar surface area (TPSA) is 74.7 Å². The molecule has 126 valence electrons. The minimum atomic E-state index is -3.92. The van der Waals surface area contributed by atoms with Crippen LogP contribution >= 0.6 is 0 Å². The van der Waals surface area contributed by atoms with Crippen LogP contribution in [0.1, 0.15) is 36.1 Å². The van der Waals surface area contributed by atoms with Gasteiger partial charge in [-0.3, -0.25) is 4.79 Å². The number of rotatable bonds is 4. The van der Waals surface area contributed by atoms with E-state index in [1.165, 1.54) is 23.4 Å². The number of nitrogens with zero attached hydrogens (tertiary/aromatic N) is 1. The number of hydrogen-bond donors (Lipinski definition) is 1. The number of phenols is 1. The van der Waals surface area contributed by atoms with Crippen LogP contribution in [0.2, 0.25) is 0 Å². The normalized spacial score (nSPS) is 17.7. The zero-order valence-electron chi connectivity index (χ0n) is 13.6. The number of fused-ring (bicyclic) bond motifs is 1. The van der Waals surface area contributed by atoms with E-state index in [0.717, 1.165) is 16.7 Å². The van der Waals surface area contributed by atoms with Gasteiger partial charge >= 0.3 is 0 Å². The molecule has 0 saturated heterocycles. The van der Waals surface area contributed by atoms with Crippen molar-refractivity contribution < 1.29 is 18.3 Å². The van der Waals surface area contributed by atoms with Crippen LogP contribution in [0, 0.1) is 6.92 Å². The third kappa shape index (κ3) is 2.83. The van der Waals surface area contributed by atoms with Crippen molar-refractivity contribution >= 4 is 15.8 Å². The van der Waals surface area contributed by atoms with Gasteiger partial charge in [0.15, 0.2) is 0 Å². The van der Waals surface area contributed by atoms with Gasteiger partial charge in [0.2, 0.25) is 10.0 Å². The molecule has 0 radical (unpaired) electrons. The fourth-order valence-corrected chi connectivity index (χ4v) is 4.79. The predicted molar refractivity (Wildman–Crippen MR) is 90.1 cm³/mol. The molecular formula is C18H19NO4S. The number of hydrogen-bond acceptors (Lipinski definition) is 4. The molecule has 1 aliphatic heterocycles. The van der Waals surface area contributed by atoms with E-state index >= 15 is 0 Å². The number of carbonyl (C=O) groups is 1. The van der Waals surface area contributed by atoms with Gasteiger partial charge < -0.3 is 5.11 Å². The van der Waals surface area contributed by atoms with Gasteiger partial charge in [-0.2, -0.15) is 4.31 Å². The van der Waals surface area contributed by atoms with Crippen molar-refractivity contribution in [2.24, 2.45) is 0 Å². The monoisotopic (exact) mass is 345 g/mol. The Balaban J connectivity index is 2.08. The standard InChI is InChI=1S/C18H19NO4S/c1-12-7-8-18(17(21)9-12)24(22,23)19-11-14-5-3-4-6-15(14)16(19)10-13(2)20/h3-9,16,21H,10-11H2,1-2H3. The fourth-order valence-electron chi connectivity index (χ4n) is 3.14. The van der Waals surface area contributed by atoms with Crippen LogP contribution in [0.15, 0.2) is 47.4 Å². The summed E-state index contributed by atoms with van der Waals surface area (Å²) in [4.78, 5) is 11.5. The average molecular weight is 345 g/mol. The van der Waals surface area contributed by atoms with Crippen LogP contribution in [-0.2, 0) is 21.4 Å². The third-order valence-electron chi connectivity index (χ3n) is 4.27. The predicted octanol–water partition coefficient (Wildman–Crippen LogP) is 2.93. The summed E-state index contributed by atoms with van der Waals surface area (Å²) in [6, 6.07) is 11.4. The second kappa shape index (κ2) is 6.03. The Bertz CT molecular complexity index is 905. The van der Waals surface area contributed by atoms with Gasteiger partial charge in [-0.1, -0.05) is 30.3 Å². The zero-order valence-corrected chi connectivity index (χ0v) is 14.4. The molecule has 0 bridgehead atoms. The van der Waals surface area contributed by atoms with Crippen molar-refractivity contribution in [3.63, 3.8) is 0 Å². The summed E-state index contributed by atoms with van der Waals surface area (Å²) >= 11 is 0. The maximum absolute atomic E-state index is 13.1. The van der Waals surface area contributed by atoms with Crippen molar-refractivity contribution in [1.82, 2.24) is 4.31 Å². The van der Waals surface area contributed by atoms with E-state index in [9.17, 15) is 18.3 Å². The number of ketones is 1. The lowest BCUT2D eigenvalue weighted by atomic mass is 10.0. The molecular weight excluding hydrogens is 326 g/mol. The molecule has 0 aromatic heterocycles.